The van der Waals surface area contributed by atoms with Gasteiger partial charge in [-0.1, -0.05) is 37.3 Å². The van der Waals surface area contributed by atoms with Crippen LogP contribution in [0.15, 0.2) is 48.8 Å². The predicted molar refractivity (Wildman–Crippen MR) is 84.1 cm³/mol. The second-order valence-electron chi connectivity index (χ2n) is 5.46. The molecule has 3 nitrogen and oxygen atoms in total. The van der Waals surface area contributed by atoms with Crippen LogP contribution in [0.4, 0.5) is 0 Å². The molecule has 2 unspecified atom stereocenters. The van der Waals surface area contributed by atoms with Crippen molar-refractivity contribution in [1.82, 2.24) is 10.3 Å². The number of nitrogens with zero attached hydrogens (tertiary/aromatic N) is 1. The predicted octanol–water partition coefficient (Wildman–Crippen LogP) is 3.44. The van der Waals surface area contributed by atoms with Crippen LogP contribution in [-0.4, -0.2) is 18.1 Å². The number of ether oxygens (including phenoxy) is 1. The van der Waals surface area contributed by atoms with Crippen molar-refractivity contribution in [2.24, 2.45) is 0 Å². The van der Waals surface area contributed by atoms with Crippen LogP contribution >= 0.6 is 0 Å². The van der Waals surface area contributed by atoms with E-state index in [-0.39, 0.29) is 12.1 Å². The lowest BCUT2D eigenvalue weighted by Crippen LogP contribution is -2.32. The summed E-state index contributed by atoms with van der Waals surface area (Å²) in [5, 5.41) is 3.63. The zero-order valence-corrected chi connectivity index (χ0v) is 12.5. The van der Waals surface area contributed by atoms with Crippen molar-refractivity contribution in [3.63, 3.8) is 0 Å². The average molecular weight is 282 g/mol. The second-order valence-corrected chi connectivity index (χ2v) is 5.46. The third-order valence-electron chi connectivity index (χ3n) is 3.99. The Morgan fingerprint density at radius 2 is 2.19 bits per heavy atom. The van der Waals surface area contributed by atoms with Crippen LogP contribution in [0.25, 0.3) is 0 Å². The Morgan fingerprint density at radius 1 is 1.29 bits per heavy atom. The first-order chi connectivity index (χ1) is 10.4. The van der Waals surface area contributed by atoms with Gasteiger partial charge in [0.2, 0.25) is 0 Å². The number of benzene rings is 1. The van der Waals surface area contributed by atoms with Gasteiger partial charge in [0, 0.05) is 12.4 Å². The van der Waals surface area contributed by atoms with Crippen LogP contribution in [0, 0.1) is 0 Å². The van der Waals surface area contributed by atoms with Crippen molar-refractivity contribution in [1.29, 1.82) is 0 Å². The molecular formula is C18H22N2O. The Morgan fingerprint density at radius 3 is 3.00 bits per heavy atom. The molecule has 3 rings (SSSR count). The largest absolute Gasteiger partial charge is 0.371 e. The molecule has 2 atom stereocenters. The lowest BCUT2D eigenvalue weighted by Gasteiger charge is -2.33. The van der Waals surface area contributed by atoms with Crippen molar-refractivity contribution in [3.05, 3.63) is 65.5 Å². The number of aromatic nitrogens is 1. The molecule has 1 N–H and O–H groups in total. The van der Waals surface area contributed by atoms with E-state index in [4.69, 9.17) is 4.74 Å². The molecular weight excluding hydrogens is 260 g/mol. The summed E-state index contributed by atoms with van der Waals surface area (Å²) in [7, 11) is 0. The van der Waals surface area contributed by atoms with Crippen LogP contribution in [0.3, 0.4) is 0 Å². The molecule has 1 aliphatic rings. The van der Waals surface area contributed by atoms with Crippen molar-refractivity contribution < 1.29 is 4.74 Å². The quantitative estimate of drug-likeness (QED) is 0.912. The van der Waals surface area contributed by atoms with E-state index in [0.29, 0.717) is 0 Å². The highest BCUT2D eigenvalue weighted by molar-refractivity contribution is 5.34. The highest BCUT2D eigenvalue weighted by Gasteiger charge is 2.29. The Kier molecular flexibility index (Phi) is 4.63. The molecule has 0 radical (unpaired) electrons. The van der Waals surface area contributed by atoms with Crippen LogP contribution in [0.1, 0.15) is 42.2 Å². The molecule has 0 aliphatic carbocycles. The van der Waals surface area contributed by atoms with E-state index in [1.165, 1.54) is 16.7 Å². The lowest BCUT2D eigenvalue weighted by atomic mass is 9.90. The molecule has 0 saturated heterocycles. The second kappa shape index (κ2) is 6.83. The molecule has 2 aromatic rings. The molecule has 0 saturated carbocycles. The molecule has 0 amide bonds. The van der Waals surface area contributed by atoms with Gasteiger partial charge in [-0.3, -0.25) is 4.98 Å². The molecule has 1 aromatic carbocycles. The number of hydrogen-bond acceptors (Lipinski definition) is 3. The Hall–Kier alpha value is -1.71. The van der Waals surface area contributed by atoms with Crippen LogP contribution < -0.4 is 5.32 Å². The van der Waals surface area contributed by atoms with E-state index in [1.807, 2.05) is 18.5 Å². The minimum absolute atomic E-state index is 0.0608. The number of rotatable bonds is 5. The van der Waals surface area contributed by atoms with Crippen LogP contribution in [0.2, 0.25) is 0 Å². The lowest BCUT2D eigenvalue weighted by molar-refractivity contribution is 0.0147. The SMILES string of the molecule is CCCNC(c1cccnc1)C1OCCc2ccccc21. The smallest absolute Gasteiger partial charge is 0.102 e. The normalized spacial score (nSPS) is 19.0. The highest BCUT2D eigenvalue weighted by Crippen LogP contribution is 2.36. The molecule has 0 fully saturated rings. The highest BCUT2D eigenvalue weighted by atomic mass is 16.5. The maximum absolute atomic E-state index is 6.13. The maximum Gasteiger partial charge on any atom is 0.102 e. The molecule has 110 valence electrons. The summed E-state index contributed by atoms with van der Waals surface area (Å²) in [6.45, 7) is 3.94. The van der Waals surface area contributed by atoms with Crippen molar-refractivity contribution in [3.8, 4) is 0 Å². The number of hydrogen-bond donors (Lipinski definition) is 1. The third-order valence-corrected chi connectivity index (χ3v) is 3.99. The fourth-order valence-corrected chi connectivity index (χ4v) is 2.96. The molecule has 0 bridgehead atoms. The Balaban J connectivity index is 1.94. The van der Waals surface area contributed by atoms with Gasteiger partial charge < -0.3 is 10.1 Å². The van der Waals surface area contributed by atoms with E-state index >= 15 is 0 Å². The van der Waals surface area contributed by atoms with Gasteiger partial charge >= 0.3 is 0 Å². The van der Waals surface area contributed by atoms with E-state index in [2.05, 4.69) is 47.6 Å². The fraction of sp³-hybridized carbons (Fsp3) is 0.389. The zero-order chi connectivity index (χ0) is 14.5. The van der Waals surface area contributed by atoms with Gasteiger partial charge in [0.05, 0.1) is 12.6 Å². The topological polar surface area (TPSA) is 34.2 Å². The van der Waals surface area contributed by atoms with Crippen molar-refractivity contribution in [2.75, 3.05) is 13.2 Å². The molecule has 3 heteroatoms. The van der Waals surface area contributed by atoms with E-state index in [9.17, 15) is 0 Å². The number of fused-ring (bicyclic) bond motifs is 1. The molecule has 21 heavy (non-hydrogen) atoms. The Bertz CT molecular complexity index is 570. The Labute approximate surface area is 126 Å². The van der Waals surface area contributed by atoms with Gasteiger partial charge in [-0.25, -0.2) is 0 Å². The molecule has 0 spiro atoms. The summed E-state index contributed by atoms with van der Waals surface area (Å²) in [6.07, 6.45) is 5.92. The summed E-state index contributed by atoms with van der Waals surface area (Å²) in [4.78, 5) is 4.27. The van der Waals surface area contributed by atoms with E-state index in [1.54, 1.807) is 0 Å². The number of nitrogens with one attached hydrogen (secondary N) is 1. The van der Waals surface area contributed by atoms with Gasteiger partial charge in [0.1, 0.15) is 6.10 Å². The zero-order valence-electron chi connectivity index (χ0n) is 12.5. The first-order valence-electron chi connectivity index (χ1n) is 7.73. The standard InChI is InChI=1S/C18H22N2O/c1-2-10-20-17(15-7-5-11-19-13-15)18-16-8-4-3-6-14(16)9-12-21-18/h3-8,11,13,17-18,20H,2,9-10,12H2,1H3. The first kappa shape index (κ1) is 14.2. The van der Waals surface area contributed by atoms with Crippen LogP contribution in [-0.2, 0) is 11.2 Å². The van der Waals surface area contributed by atoms with Crippen molar-refractivity contribution >= 4 is 0 Å². The molecule has 1 aliphatic heterocycles. The van der Waals surface area contributed by atoms with Gasteiger partial charge in [-0.15, -0.1) is 0 Å². The minimum atomic E-state index is 0.0608. The summed E-state index contributed by atoms with van der Waals surface area (Å²) in [6, 6.07) is 12.9. The average Bonchev–Trinajstić information content (AvgIpc) is 2.56. The van der Waals surface area contributed by atoms with Gasteiger partial charge in [-0.2, -0.15) is 0 Å². The van der Waals surface area contributed by atoms with Crippen molar-refractivity contribution in [2.45, 2.75) is 31.9 Å². The summed E-state index contributed by atoms with van der Waals surface area (Å²) < 4.78 is 6.13. The summed E-state index contributed by atoms with van der Waals surface area (Å²) in [5.41, 5.74) is 3.90. The van der Waals surface area contributed by atoms with Gasteiger partial charge in [-0.05, 0) is 42.1 Å². The van der Waals surface area contributed by atoms with Gasteiger partial charge in [0.25, 0.3) is 0 Å². The number of pyridine rings is 1. The van der Waals surface area contributed by atoms with E-state index < -0.39 is 0 Å². The van der Waals surface area contributed by atoms with Crippen LogP contribution in [0.5, 0.6) is 0 Å². The molecule has 2 heterocycles. The third kappa shape index (κ3) is 3.14. The first-order valence-corrected chi connectivity index (χ1v) is 7.73. The fourth-order valence-electron chi connectivity index (χ4n) is 2.96. The summed E-state index contributed by atoms with van der Waals surface area (Å²) >= 11 is 0. The van der Waals surface area contributed by atoms with E-state index in [0.717, 1.165) is 26.0 Å². The molecule has 1 aromatic heterocycles. The summed E-state index contributed by atoms with van der Waals surface area (Å²) in [5.74, 6) is 0. The monoisotopic (exact) mass is 282 g/mol. The van der Waals surface area contributed by atoms with Gasteiger partial charge in [0.15, 0.2) is 0 Å². The minimum Gasteiger partial charge on any atom is -0.371 e. The maximum atomic E-state index is 6.13.